The highest BCUT2D eigenvalue weighted by molar-refractivity contribution is 14.1. The molecular weight excluding hydrogens is 405 g/mol. The van der Waals surface area contributed by atoms with Gasteiger partial charge in [-0.05, 0) is 71.8 Å². The van der Waals surface area contributed by atoms with Crippen LogP contribution in [0.3, 0.4) is 0 Å². The fraction of sp³-hybridized carbons (Fsp3) is 0.278. The number of nitrogens with one attached hydrogen (secondary N) is 1. The van der Waals surface area contributed by atoms with Crippen LogP contribution in [0.4, 0.5) is 5.69 Å². The summed E-state index contributed by atoms with van der Waals surface area (Å²) >= 11 is 2.21. The third kappa shape index (κ3) is 4.68. The predicted molar refractivity (Wildman–Crippen MR) is 98.0 cm³/mol. The van der Waals surface area contributed by atoms with Crippen LogP contribution in [-0.4, -0.2) is 25.2 Å². The molecule has 0 aliphatic carbocycles. The quantitative estimate of drug-likeness (QED) is 0.737. The summed E-state index contributed by atoms with van der Waals surface area (Å²) in [4.78, 5) is 12.2. The van der Waals surface area contributed by atoms with Gasteiger partial charge >= 0.3 is 0 Å². The highest BCUT2D eigenvalue weighted by atomic mass is 127. The molecule has 1 aliphatic heterocycles. The van der Waals surface area contributed by atoms with Crippen molar-refractivity contribution in [3.05, 3.63) is 57.7 Å². The van der Waals surface area contributed by atoms with Gasteiger partial charge in [-0.1, -0.05) is 6.07 Å². The molecule has 1 heterocycles. The number of anilines is 1. The number of hydrogen-bond donors (Lipinski definition) is 1. The number of carbonyl (C=O) groups excluding carboxylic acids is 1. The van der Waals surface area contributed by atoms with Gasteiger partial charge in [-0.25, -0.2) is 0 Å². The molecule has 4 nitrogen and oxygen atoms in total. The van der Waals surface area contributed by atoms with Crippen LogP contribution < -0.4 is 10.1 Å². The second-order valence-corrected chi connectivity index (χ2v) is 6.68. The molecular formula is C18H18INO3. The van der Waals surface area contributed by atoms with Crippen LogP contribution in [0.5, 0.6) is 5.75 Å². The van der Waals surface area contributed by atoms with Gasteiger partial charge in [0.05, 0.1) is 6.10 Å². The first-order chi connectivity index (χ1) is 11.2. The fourth-order valence-corrected chi connectivity index (χ4v) is 2.79. The van der Waals surface area contributed by atoms with E-state index in [9.17, 15) is 4.79 Å². The third-order valence-corrected chi connectivity index (χ3v) is 4.38. The maximum absolute atomic E-state index is 12.2. The number of amides is 1. The minimum atomic E-state index is -0.127. The SMILES string of the molecule is O=C(Nc1cccc(OCC2CCCO2)c1)c1ccc(I)cc1. The van der Waals surface area contributed by atoms with E-state index in [0.29, 0.717) is 12.2 Å². The van der Waals surface area contributed by atoms with Crippen molar-refractivity contribution in [1.82, 2.24) is 0 Å². The van der Waals surface area contributed by atoms with Crippen LogP contribution in [0.2, 0.25) is 0 Å². The average Bonchev–Trinajstić information content (AvgIpc) is 3.07. The van der Waals surface area contributed by atoms with E-state index in [0.717, 1.165) is 34.5 Å². The first kappa shape index (κ1) is 16.3. The second kappa shape index (κ2) is 7.79. The highest BCUT2D eigenvalue weighted by Gasteiger charge is 2.16. The highest BCUT2D eigenvalue weighted by Crippen LogP contribution is 2.20. The topological polar surface area (TPSA) is 47.6 Å². The Morgan fingerprint density at radius 3 is 2.83 bits per heavy atom. The molecule has 1 unspecified atom stereocenters. The summed E-state index contributed by atoms with van der Waals surface area (Å²) in [6.45, 7) is 1.37. The molecule has 1 amide bonds. The summed E-state index contributed by atoms with van der Waals surface area (Å²) in [6.07, 6.45) is 2.32. The van der Waals surface area contributed by atoms with E-state index in [1.54, 1.807) is 0 Å². The largest absolute Gasteiger partial charge is 0.491 e. The Balaban J connectivity index is 1.60. The summed E-state index contributed by atoms with van der Waals surface area (Å²) < 4.78 is 12.4. The number of carbonyl (C=O) groups is 1. The third-order valence-electron chi connectivity index (χ3n) is 3.66. The fourth-order valence-electron chi connectivity index (χ4n) is 2.43. The lowest BCUT2D eigenvalue weighted by Crippen LogP contribution is -2.16. The van der Waals surface area contributed by atoms with Crippen molar-refractivity contribution in [3.8, 4) is 5.75 Å². The molecule has 1 aliphatic rings. The first-order valence-corrected chi connectivity index (χ1v) is 8.70. The molecule has 0 aromatic heterocycles. The predicted octanol–water partition coefficient (Wildman–Crippen LogP) is 4.10. The van der Waals surface area contributed by atoms with Crippen molar-refractivity contribution in [1.29, 1.82) is 0 Å². The molecule has 2 aromatic carbocycles. The van der Waals surface area contributed by atoms with Crippen molar-refractivity contribution >= 4 is 34.2 Å². The molecule has 0 bridgehead atoms. The van der Waals surface area contributed by atoms with Crippen LogP contribution in [0.25, 0.3) is 0 Å². The maximum atomic E-state index is 12.2. The first-order valence-electron chi connectivity index (χ1n) is 7.62. The zero-order chi connectivity index (χ0) is 16.1. The van der Waals surface area contributed by atoms with Crippen LogP contribution >= 0.6 is 22.6 Å². The van der Waals surface area contributed by atoms with Gasteiger partial charge in [-0.15, -0.1) is 0 Å². The van der Waals surface area contributed by atoms with Gasteiger partial charge in [-0.2, -0.15) is 0 Å². The molecule has 0 saturated carbocycles. The summed E-state index contributed by atoms with van der Waals surface area (Å²) in [5, 5.41) is 2.89. The van der Waals surface area contributed by atoms with Crippen molar-refractivity contribution in [2.24, 2.45) is 0 Å². The van der Waals surface area contributed by atoms with E-state index >= 15 is 0 Å². The number of rotatable bonds is 5. The Hall–Kier alpha value is -1.60. The molecule has 3 rings (SSSR count). The molecule has 23 heavy (non-hydrogen) atoms. The lowest BCUT2D eigenvalue weighted by Gasteiger charge is -2.12. The molecule has 2 aromatic rings. The number of benzene rings is 2. The number of halogens is 1. The Kier molecular flexibility index (Phi) is 5.51. The van der Waals surface area contributed by atoms with Crippen LogP contribution in [0.1, 0.15) is 23.2 Å². The monoisotopic (exact) mass is 423 g/mol. The lowest BCUT2D eigenvalue weighted by atomic mass is 10.2. The van der Waals surface area contributed by atoms with Gasteiger partial charge in [0.1, 0.15) is 12.4 Å². The number of ether oxygens (including phenoxy) is 2. The van der Waals surface area contributed by atoms with Gasteiger partial charge in [0.25, 0.3) is 5.91 Å². The van der Waals surface area contributed by atoms with Gasteiger partial charge < -0.3 is 14.8 Å². The Bertz CT molecular complexity index is 666. The van der Waals surface area contributed by atoms with Crippen molar-refractivity contribution in [3.63, 3.8) is 0 Å². The van der Waals surface area contributed by atoms with Crippen LogP contribution in [0.15, 0.2) is 48.5 Å². The van der Waals surface area contributed by atoms with Crippen molar-refractivity contribution < 1.29 is 14.3 Å². The van der Waals surface area contributed by atoms with E-state index < -0.39 is 0 Å². The lowest BCUT2D eigenvalue weighted by molar-refractivity contribution is 0.0680. The van der Waals surface area contributed by atoms with Gasteiger partial charge in [0, 0.05) is 27.5 Å². The van der Waals surface area contributed by atoms with E-state index in [1.165, 1.54) is 0 Å². The van der Waals surface area contributed by atoms with Gasteiger partial charge in [-0.3, -0.25) is 4.79 Å². The molecule has 1 saturated heterocycles. The second-order valence-electron chi connectivity index (χ2n) is 5.43. The zero-order valence-corrected chi connectivity index (χ0v) is 14.8. The van der Waals surface area contributed by atoms with E-state index in [4.69, 9.17) is 9.47 Å². The standard InChI is InChI=1S/C18H18INO3/c19-14-8-6-13(7-9-14)18(21)20-15-3-1-4-16(11-15)23-12-17-5-2-10-22-17/h1,3-4,6-9,11,17H,2,5,10,12H2,(H,20,21). The van der Waals surface area contributed by atoms with E-state index in [-0.39, 0.29) is 12.0 Å². The summed E-state index contributed by atoms with van der Waals surface area (Å²) in [5.41, 5.74) is 1.36. The number of hydrogen-bond acceptors (Lipinski definition) is 3. The zero-order valence-electron chi connectivity index (χ0n) is 12.6. The van der Waals surface area contributed by atoms with Crippen molar-refractivity contribution in [2.45, 2.75) is 18.9 Å². The average molecular weight is 423 g/mol. The van der Waals surface area contributed by atoms with Crippen LogP contribution in [0, 0.1) is 3.57 Å². The molecule has 1 atom stereocenters. The Morgan fingerprint density at radius 1 is 1.26 bits per heavy atom. The normalized spacial score (nSPS) is 17.0. The maximum Gasteiger partial charge on any atom is 0.255 e. The van der Waals surface area contributed by atoms with E-state index in [1.807, 2.05) is 48.5 Å². The van der Waals surface area contributed by atoms with Crippen molar-refractivity contribution in [2.75, 3.05) is 18.5 Å². The summed E-state index contributed by atoms with van der Waals surface area (Å²) in [7, 11) is 0. The molecule has 0 radical (unpaired) electrons. The molecule has 1 fully saturated rings. The minimum Gasteiger partial charge on any atom is -0.491 e. The summed E-state index contributed by atoms with van der Waals surface area (Å²) in [6, 6.07) is 14.9. The minimum absolute atomic E-state index is 0.127. The summed E-state index contributed by atoms with van der Waals surface area (Å²) in [5.74, 6) is 0.610. The van der Waals surface area contributed by atoms with Crippen LogP contribution in [-0.2, 0) is 4.74 Å². The van der Waals surface area contributed by atoms with Gasteiger partial charge in [0.2, 0.25) is 0 Å². The Labute approximate surface area is 149 Å². The van der Waals surface area contributed by atoms with E-state index in [2.05, 4.69) is 27.9 Å². The molecule has 0 spiro atoms. The van der Waals surface area contributed by atoms with Gasteiger partial charge in [0.15, 0.2) is 0 Å². The molecule has 120 valence electrons. The molecule has 1 N–H and O–H groups in total. The smallest absolute Gasteiger partial charge is 0.255 e. The molecule has 5 heteroatoms. The Morgan fingerprint density at radius 2 is 2.09 bits per heavy atom.